The fourth-order valence-electron chi connectivity index (χ4n) is 3.00. The Balaban J connectivity index is 1.68. The fourth-order valence-corrected chi connectivity index (χ4v) is 3.21. The number of rotatable bonds is 4. The van der Waals surface area contributed by atoms with Crippen LogP contribution in [0.3, 0.4) is 0 Å². The maximum absolute atomic E-state index is 6.28. The number of benzene rings is 1. The zero-order chi connectivity index (χ0) is 14.7. The second-order valence-corrected chi connectivity index (χ2v) is 6.22. The molecular formula is C16H20ClN3O. The Hall–Kier alpha value is -1.39. The standard InChI is InChI=1S/C16H20ClN3O/c17-13-8-4-5-11(9-13)10-14-19-16(21-20-14)15(18)12-6-2-1-3-7-12/h4-5,8-9,12,15H,1-3,6-7,10,18H2. The van der Waals surface area contributed by atoms with E-state index in [2.05, 4.69) is 10.1 Å². The van der Waals surface area contributed by atoms with Gasteiger partial charge in [0.25, 0.3) is 0 Å². The van der Waals surface area contributed by atoms with Crippen LogP contribution in [0.2, 0.25) is 5.02 Å². The summed E-state index contributed by atoms with van der Waals surface area (Å²) < 4.78 is 5.36. The molecule has 1 atom stereocenters. The number of aromatic nitrogens is 2. The van der Waals surface area contributed by atoms with Crippen LogP contribution in [0.5, 0.6) is 0 Å². The first kappa shape index (κ1) is 14.5. The summed E-state index contributed by atoms with van der Waals surface area (Å²) in [5.41, 5.74) is 7.35. The summed E-state index contributed by atoms with van der Waals surface area (Å²) in [5.74, 6) is 1.70. The lowest BCUT2D eigenvalue weighted by Crippen LogP contribution is -2.23. The van der Waals surface area contributed by atoms with Gasteiger partial charge < -0.3 is 10.3 Å². The van der Waals surface area contributed by atoms with Gasteiger partial charge in [0.1, 0.15) is 0 Å². The van der Waals surface area contributed by atoms with Crippen molar-refractivity contribution in [3.8, 4) is 0 Å². The van der Waals surface area contributed by atoms with E-state index < -0.39 is 0 Å². The third kappa shape index (κ3) is 3.63. The van der Waals surface area contributed by atoms with Crippen LogP contribution < -0.4 is 5.73 Å². The highest BCUT2D eigenvalue weighted by Gasteiger charge is 2.26. The number of hydrogen-bond donors (Lipinski definition) is 1. The molecule has 2 aromatic rings. The van der Waals surface area contributed by atoms with E-state index in [0.717, 1.165) is 23.4 Å². The van der Waals surface area contributed by atoms with Gasteiger partial charge in [0.15, 0.2) is 5.82 Å². The summed E-state index contributed by atoms with van der Waals surface area (Å²) in [6.45, 7) is 0. The van der Waals surface area contributed by atoms with E-state index in [1.54, 1.807) is 0 Å². The highest BCUT2D eigenvalue weighted by atomic mass is 35.5. The average Bonchev–Trinajstić information content (AvgIpc) is 2.96. The summed E-state index contributed by atoms with van der Waals surface area (Å²) in [6, 6.07) is 7.56. The third-order valence-electron chi connectivity index (χ3n) is 4.18. The average molecular weight is 306 g/mol. The number of halogens is 1. The van der Waals surface area contributed by atoms with Crippen molar-refractivity contribution in [3.63, 3.8) is 0 Å². The van der Waals surface area contributed by atoms with Gasteiger partial charge in [-0.05, 0) is 36.5 Å². The Morgan fingerprint density at radius 3 is 2.86 bits per heavy atom. The molecule has 2 N–H and O–H groups in total. The van der Waals surface area contributed by atoms with Crippen molar-refractivity contribution >= 4 is 11.6 Å². The third-order valence-corrected chi connectivity index (χ3v) is 4.41. The van der Waals surface area contributed by atoms with Gasteiger partial charge in [0, 0.05) is 11.4 Å². The molecule has 1 aromatic heterocycles. The van der Waals surface area contributed by atoms with E-state index in [9.17, 15) is 0 Å². The van der Waals surface area contributed by atoms with Gasteiger partial charge in [-0.3, -0.25) is 0 Å². The van der Waals surface area contributed by atoms with Crippen molar-refractivity contribution in [2.75, 3.05) is 0 Å². The topological polar surface area (TPSA) is 64.9 Å². The Bertz CT molecular complexity index is 593. The van der Waals surface area contributed by atoms with Gasteiger partial charge in [-0.2, -0.15) is 4.98 Å². The lowest BCUT2D eigenvalue weighted by molar-refractivity contribution is 0.255. The van der Waals surface area contributed by atoms with Crippen molar-refractivity contribution in [2.45, 2.75) is 44.6 Å². The zero-order valence-electron chi connectivity index (χ0n) is 12.0. The van der Waals surface area contributed by atoms with E-state index in [1.165, 1.54) is 19.3 Å². The first-order chi connectivity index (χ1) is 10.2. The summed E-state index contributed by atoms with van der Waals surface area (Å²) in [5, 5.41) is 4.77. The lowest BCUT2D eigenvalue weighted by Gasteiger charge is -2.24. The molecule has 0 saturated heterocycles. The summed E-state index contributed by atoms with van der Waals surface area (Å²) in [4.78, 5) is 4.46. The highest BCUT2D eigenvalue weighted by molar-refractivity contribution is 6.30. The maximum atomic E-state index is 6.28. The second kappa shape index (κ2) is 6.58. The van der Waals surface area contributed by atoms with Crippen LogP contribution >= 0.6 is 11.6 Å². The lowest BCUT2D eigenvalue weighted by atomic mass is 9.84. The Kier molecular flexibility index (Phi) is 4.56. The van der Waals surface area contributed by atoms with Crippen molar-refractivity contribution < 1.29 is 4.52 Å². The molecule has 1 fully saturated rings. The van der Waals surface area contributed by atoms with Crippen molar-refractivity contribution in [1.29, 1.82) is 0 Å². The van der Waals surface area contributed by atoms with Crippen LogP contribution in [0, 0.1) is 5.92 Å². The Labute approximate surface area is 129 Å². The molecule has 21 heavy (non-hydrogen) atoms. The van der Waals surface area contributed by atoms with Gasteiger partial charge >= 0.3 is 0 Å². The van der Waals surface area contributed by atoms with Crippen molar-refractivity contribution in [3.05, 3.63) is 46.6 Å². The molecular weight excluding hydrogens is 286 g/mol. The van der Waals surface area contributed by atoms with E-state index in [1.807, 2.05) is 24.3 Å². The molecule has 0 radical (unpaired) electrons. The summed E-state index contributed by atoms with van der Waals surface area (Å²) in [6.07, 6.45) is 6.75. The summed E-state index contributed by atoms with van der Waals surface area (Å²) >= 11 is 5.98. The second-order valence-electron chi connectivity index (χ2n) is 5.78. The van der Waals surface area contributed by atoms with Crippen LogP contribution in [-0.4, -0.2) is 10.1 Å². The molecule has 0 bridgehead atoms. The molecule has 1 aliphatic carbocycles. The van der Waals surface area contributed by atoms with Gasteiger partial charge in [0.2, 0.25) is 5.89 Å². The van der Waals surface area contributed by atoms with Crippen LogP contribution in [0.1, 0.15) is 55.4 Å². The number of nitrogens with zero attached hydrogens (tertiary/aromatic N) is 2. The van der Waals surface area contributed by atoms with Gasteiger partial charge in [0.05, 0.1) is 6.04 Å². The van der Waals surface area contributed by atoms with Gasteiger partial charge in [-0.1, -0.05) is 48.2 Å². The largest absolute Gasteiger partial charge is 0.338 e. The highest BCUT2D eigenvalue weighted by Crippen LogP contribution is 2.32. The summed E-state index contributed by atoms with van der Waals surface area (Å²) in [7, 11) is 0. The molecule has 1 saturated carbocycles. The SMILES string of the molecule is NC(c1nc(Cc2cccc(Cl)c2)no1)C1CCCCC1. The molecule has 0 spiro atoms. The molecule has 4 nitrogen and oxygen atoms in total. The first-order valence-corrected chi connectivity index (χ1v) is 7.92. The fraction of sp³-hybridized carbons (Fsp3) is 0.500. The number of nitrogens with two attached hydrogens (primary N) is 1. The normalized spacial score (nSPS) is 17.8. The van der Waals surface area contributed by atoms with E-state index in [4.69, 9.17) is 21.9 Å². The van der Waals surface area contributed by atoms with Crippen LogP contribution in [0.15, 0.2) is 28.8 Å². The van der Waals surface area contributed by atoms with Gasteiger partial charge in [-0.25, -0.2) is 0 Å². The quantitative estimate of drug-likeness (QED) is 0.930. The Morgan fingerprint density at radius 2 is 2.10 bits per heavy atom. The van der Waals surface area contributed by atoms with Crippen LogP contribution in [-0.2, 0) is 6.42 Å². The smallest absolute Gasteiger partial charge is 0.243 e. The van der Waals surface area contributed by atoms with E-state index >= 15 is 0 Å². The molecule has 1 aromatic carbocycles. The minimum absolute atomic E-state index is 0.133. The Morgan fingerprint density at radius 1 is 1.29 bits per heavy atom. The molecule has 0 amide bonds. The van der Waals surface area contributed by atoms with Crippen LogP contribution in [0.25, 0.3) is 0 Å². The molecule has 112 valence electrons. The zero-order valence-corrected chi connectivity index (χ0v) is 12.7. The minimum atomic E-state index is -0.133. The van der Waals surface area contributed by atoms with Gasteiger partial charge in [-0.15, -0.1) is 0 Å². The first-order valence-electron chi connectivity index (χ1n) is 7.55. The number of hydrogen-bond acceptors (Lipinski definition) is 4. The van der Waals surface area contributed by atoms with Crippen LogP contribution in [0.4, 0.5) is 0 Å². The molecule has 1 aliphatic rings. The maximum Gasteiger partial charge on any atom is 0.243 e. The van der Waals surface area contributed by atoms with E-state index in [0.29, 0.717) is 24.1 Å². The predicted molar refractivity (Wildman–Crippen MR) is 82.1 cm³/mol. The van der Waals surface area contributed by atoms with E-state index in [-0.39, 0.29) is 6.04 Å². The predicted octanol–water partition coefficient (Wildman–Crippen LogP) is 3.89. The molecule has 1 unspecified atom stereocenters. The van der Waals surface area contributed by atoms with Crippen molar-refractivity contribution in [1.82, 2.24) is 10.1 Å². The molecule has 5 heteroatoms. The molecule has 0 aliphatic heterocycles. The molecule has 3 rings (SSSR count). The van der Waals surface area contributed by atoms with Crippen molar-refractivity contribution in [2.24, 2.45) is 11.7 Å². The monoisotopic (exact) mass is 305 g/mol. The minimum Gasteiger partial charge on any atom is -0.338 e. The molecule has 1 heterocycles.